The molecule has 0 bridgehead atoms. The Balaban J connectivity index is 2.49. The molecule has 0 heterocycles. The Bertz CT molecular complexity index is 993. The van der Waals surface area contributed by atoms with Crippen LogP contribution >= 0.6 is 0 Å². The lowest BCUT2D eigenvalue weighted by Crippen LogP contribution is -2.21. The summed E-state index contributed by atoms with van der Waals surface area (Å²) < 4.78 is 27.6. The monoisotopic (exact) mass is 487 g/mol. The molecule has 0 aliphatic rings. The maximum atomic E-state index is 12.0. The van der Waals surface area contributed by atoms with Gasteiger partial charge in [-0.2, -0.15) is 5.10 Å². The molecule has 0 aromatic heterocycles. The molecule has 2 aromatic rings. The molecule has 1 unspecified atom stereocenters. The third-order valence-electron chi connectivity index (χ3n) is 4.63. The number of anilines is 1. The minimum absolute atomic E-state index is 0.00332. The second-order valence-corrected chi connectivity index (χ2v) is 7.20. The van der Waals surface area contributed by atoms with E-state index in [1.54, 1.807) is 19.1 Å². The molecule has 0 radical (unpaired) electrons. The summed E-state index contributed by atoms with van der Waals surface area (Å²) in [6, 6.07) is 10.2. The average molecular weight is 488 g/mol. The van der Waals surface area contributed by atoms with Gasteiger partial charge in [0.25, 0.3) is 0 Å². The van der Waals surface area contributed by atoms with E-state index in [4.69, 9.17) is 29.5 Å². The first-order valence-electron chi connectivity index (χ1n) is 11.4. The van der Waals surface area contributed by atoms with E-state index >= 15 is 0 Å². The van der Waals surface area contributed by atoms with Crippen molar-refractivity contribution in [1.82, 2.24) is 0 Å². The molecule has 0 fully saturated rings. The number of hydrazone groups is 1. The highest BCUT2D eigenvalue weighted by molar-refractivity contribution is 5.80. The number of esters is 2. The summed E-state index contributed by atoms with van der Waals surface area (Å²) in [5.41, 5.74) is 2.18. The summed E-state index contributed by atoms with van der Waals surface area (Å²) in [5, 5.41) is 6.87. The van der Waals surface area contributed by atoms with E-state index in [1.165, 1.54) is 13.1 Å². The third kappa shape index (κ3) is 8.73. The second-order valence-electron chi connectivity index (χ2n) is 7.20. The zero-order valence-corrected chi connectivity index (χ0v) is 20.5. The lowest BCUT2D eigenvalue weighted by Gasteiger charge is -2.24. The molecule has 0 aliphatic heterocycles. The van der Waals surface area contributed by atoms with Gasteiger partial charge in [-0.05, 0) is 44.5 Å². The molecule has 2 rings (SSSR count). The SMILES string of the molecule is CCOC(=O)COc1cc(OCC)c(OCC)cc1C(COC(C)=O)Nc1ccc(C=NN)cc1. The van der Waals surface area contributed by atoms with E-state index in [0.717, 1.165) is 11.3 Å². The Morgan fingerprint density at radius 1 is 0.943 bits per heavy atom. The molecule has 0 saturated carbocycles. The molecule has 10 nitrogen and oxygen atoms in total. The van der Waals surface area contributed by atoms with Crippen LogP contribution in [0.25, 0.3) is 0 Å². The molecule has 10 heteroatoms. The molecule has 0 amide bonds. The van der Waals surface area contributed by atoms with Crippen molar-refractivity contribution in [3.8, 4) is 17.2 Å². The number of carbonyl (C=O) groups excluding carboxylic acids is 2. The fraction of sp³-hybridized carbons (Fsp3) is 0.400. The zero-order chi connectivity index (χ0) is 25.6. The maximum absolute atomic E-state index is 12.0. The highest BCUT2D eigenvalue weighted by Crippen LogP contribution is 2.39. The van der Waals surface area contributed by atoms with Crippen LogP contribution in [0.1, 0.15) is 44.9 Å². The van der Waals surface area contributed by atoms with E-state index in [-0.39, 0.29) is 19.8 Å². The van der Waals surface area contributed by atoms with E-state index in [9.17, 15) is 9.59 Å². The second kappa shape index (κ2) is 14.3. The number of hydrogen-bond donors (Lipinski definition) is 2. The number of benzene rings is 2. The number of nitrogens with one attached hydrogen (secondary N) is 1. The van der Waals surface area contributed by atoms with Crippen LogP contribution in [0.5, 0.6) is 17.2 Å². The number of nitrogens with zero attached hydrogens (tertiary/aromatic N) is 1. The zero-order valence-electron chi connectivity index (χ0n) is 20.5. The topological polar surface area (TPSA) is 131 Å². The van der Waals surface area contributed by atoms with Crippen molar-refractivity contribution in [3.63, 3.8) is 0 Å². The van der Waals surface area contributed by atoms with Crippen LogP contribution in [-0.2, 0) is 19.1 Å². The summed E-state index contributed by atoms with van der Waals surface area (Å²) in [4.78, 5) is 23.6. The highest BCUT2D eigenvalue weighted by Gasteiger charge is 2.23. The van der Waals surface area contributed by atoms with Crippen molar-refractivity contribution in [2.24, 2.45) is 10.9 Å². The summed E-state index contributed by atoms with van der Waals surface area (Å²) in [7, 11) is 0. The lowest BCUT2D eigenvalue weighted by molar-refractivity contribution is -0.145. The smallest absolute Gasteiger partial charge is 0.344 e. The summed E-state index contributed by atoms with van der Waals surface area (Å²) in [6.07, 6.45) is 1.53. The van der Waals surface area contributed by atoms with Gasteiger partial charge in [-0.3, -0.25) is 4.79 Å². The van der Waals surface area contributed by atoms with Crippen LogP contribution in [0, 0.1) is 0 Å². The lowest BCUT2D eigenvalue weighted by atomic mass is 10.0. The molecular formula is C25H33N3O7. The first-order chi connectivity index (χ1) is 16.9. The van der Waals surface area contributed by atoms with Gasteiger partial charge < -0.3 is 34.8 Å². The van der Waals surface area contributed by atoms with Crippen LogP contribution in [0.2, 0.25) is 0 Å². The first kappa shape index (κ1) is 27.3. The molecule has 2 aromatic carbocycles. The van der Waals surface area contributed by atoms with Crippen LogP contribution < -0.4 is 25.4 Å². The van der Waals surface area contributed by atoms with Gasteiger partial charge in [0.2, 0.25) is 0 Å². The van der Waals surface area contributed by atoms with Crippen molar-refractivity contribution in [2.45, 2.75) is 33.7 Å². The van der Waals surface area contributed by atoms with Crippen molar-refractivity contribution in [2.75, 3.05) is 38.4 Å². The van der Waals surface area contributed by atoms with E-state index in [1.807, 2.05) is 38.1 Å². The van der Waals surface area contributed by atoms with E-state index < -0.39 is 18.0 Å². The maximum Gasteiger partial charge on any atom is 0.344 e. The Labute approximate surface area is 205 Å². The fourth-order valence-electron chi connectivity index (χ4n) is 3.19. The normalized spacial score (nSPS) is 11.5. The van der Waals surface area contributed by atoms with Crippen molar-refractivity contribution >= 4 is 23.8 Å². The summed E-state index contributed by atoms with van der Waals surface area (Å²) in [6.45, 7) is 7.53. The van der Waals surface area contributed by atoms with Crippen LogP contribution in [0.15, 0.2) is 41.5 Å². The highest BCUT2D eigenvalue weighted by atomic mass is 16.6. The van der Waals surface area contributed by atoms with Gasteiger partial charge in [-0.15, -0.1) is 0 Å². The van der Waals surface area contributed by atoms with Crippen molar-refractivity contribution in [3.05, 3.63) is 47.5 Å². The number of rotatable bonds is 14. The van der Waals surface area contributed by atoms with Gasteiger partial charge in [-0.25, -0.2) is 4.79 Å². The Morgan fingerprint density at radius 3 is 2.17 bits per heavy atom. The number of ether oxygens (including phenoxy) is 5. The molecule has 35 heavy (non-hydrogen) atoms. The van der Waals surface area contributed by atoms with Gasteiger partial charge in [-0.1, -0.05) is 12.1 Å². The minimum Gasteiger partial charge on any atom is -0.490 e. The quantitative estimate of drug-likeness (QED) is 0.178. The molecule has 0 saturated heterocycles. The van der Waals surface area contributed by atoms with Gasteiger partial charge in [0.1, 0.15) is 12.4 Å². The Hall–Kier alpha value is -3.95. The van der Waals surface area contributed by atoms with Crippen molar-refractivity contribution in [1.29, 1.82) is 0 Å². The van der Waals surface area contributed by atoms with Crippen LogP contribution in [0.3, 0.4) is 0 Å². The minimum atomic E-state index is -0.542. The van der Waals surface area contributed by atoms with E-state index in [2.05, 4.69) is 10.4 Å². The first-order valence-corrected chi connectivity index (χ1v) is 11.4. The predicted molar refractivity (Wildman–Crippen MR) is 132 cm³/mol. The standard InChI is InChI=1S/C25H33N3O7/c1-5-31-23-12-20(22(13-24(23)32-6-2)35-16-25(30)33-7-3)21(15-34-17(4)29)28-19-10-8-18(9-11-19)14-27-26/h8-14,21,28H,5-7,15-16,26H2,1-4H3. The molecule has 0 aliphatic carbocycles. The van der Waals surface area contributed by atoms with Gasteiger partial charge >= 0.3 is 11.9 Å². The van der Waals surface area contributed by atoms with Crippen LogP contribution in [-0.4, -0.2) is 51.2 Å². The largest absolute Gasteiger partial charge is 0.490 e. The number of nitrogens with two attached hydrogens (primary N) is 1. The average Bonchev–Trinajstić information content (AvgIpc) is 2.83. The number of carbonyl (C=O) groups is 2. The van der Waals surface area contributed by atoms with Gasteiger partial charge in [0.05, 0.1) is 32.1 Å². The predicted octanol–water partition coefficient (Wildman–Crippen LogP) is 3.43. The van der Waals surface area contributed by atoms with Gasteiger partial charge in [0.15, 0.2) is 18.1 Å². The Morgan fingerprint density at radius 2 is 1.60 bits per heavy atom. The van der Waals surface area contributed by atoms with Crippen LogP contribution in [0.4, 0.5) is 5.69 Å². The van der Waals surface area contributed by atoms with Crippen molar-refractivity contribution < 1.29 is 33.3 Å². The summed E-state index contributed by atoms with van der Waals surface area (Å²) in [5.74, 6) is 5.60. The Kier molecular flexibility index (Phi) is 11.2. The molecule has 190 valence electrons. The fourth-order valence-corrected chi connectivity index (χ4v) is 3.19. The molecular weight excluding hydrogens is 454 g/mol. The van der Waals surface area contributed by atoms with E-state index in [0.29, 0.717) is 36.0 Å². The molecule has 0 spiro atoms. The number of hydrogen-bond acceptors (Lipinski definition) is 10. The summed E-state index contributed by atoms with van der Waals surface area (Å²) >= 11 is 0. The molecule has 1 atom stereocenters. The third-order valence-corrected chi connectivity index (χ3v) is 4.63. The molecule has 3 N–H and O–H groups in total. The van der Waals surface area contributed by atoms with Gasteiger partial charge in [0, 0.05) is 24.2 Å².